The maximum absolute atomic E-state index is 11.4. The van der Waals surface area contributed by atoms with Crippen LogP contribution in [0.15, 0.2) is 6.07 Å². The van der Waals surface area contributed by atoms with E-state index in [-0.39, 0.29) is 12.0 Å². The van der Waals surface area contributed by atoms with Crippen LogP contribution >= 0.6 is 0 Å². The van der Waals surface area contributed by atoms with E-state index in [2.05, 4.69) is 29.9 Å². The van der Waals surface area contributed by atoms with Crippen molar-refractivity contribution in [3.05, 3.63) is 17.5 Å². The average Bonchev–Trinajstić information content (AvgIpc) is 2.93. The molecule has 106 valence electrons. The normalized spacial score (nSPS) is 23.9. The molecule has 0 radical (unpaired) electrons. The van der Waals surface area contributed by atoms with Crippen LogP contribution < -0.4 is 0 Å². The number of likely N-dealkylation sites (tertiary alicyclic amines) is 1. The van der Waals surface area contributed by atoms with Crippen molar-refractivity contribution in [2.45, 2.75) is 52.7 Å². The first-order chi connectivity index (χ1) is 9.06. The standard InChI is InChI=1S/C14H23N3O2/c1-4-11-8-12(17(5-2)15-11)9-16-7-6-10(3)13(16)14(18)19/h8,10,13H,4-7,9H2,1-3H3,(H,18,19). The van der Waals surface area contributed by atoms with Crippen LogP contribution in [0.5, 0.6) is 0 Å². The van der Waals surface area contributed by atoms with E-state index in [0.29, 0.717) is 6.54 Å². The zero-order valence-electron chi connectivity index (χ0n) is 12.0. The summed E-state index contributed by atoms with van der Waals surface area (Å²) < 4.78 is 1.99. The van der Waals surface area contributed by atoms with Gasteiger partial charge in [0.25, 0.3) is 0 Å². The average molecular weight is 265 g/mol. The summed E-state index contributed by atoms with van der Waals surface area (Å²) in [6.07, 6.45) is 1.87. The molecule has 1 aliphatic rings. The monoisotopic (exact) mass is 265 g/mol. The summed E-state index contributed by atoms with van der Waals surface area (Å²) in [4.78, 5) is 13.4. The fourth-order valence-corrected chi connectivity index (χ4v) is 2.90. The molecule has 2 atom stereocenters. The lowest BCUT2D eigenvalue weighted by atomic mass is 10.0. The summed E-state index contributed by atoms with van der Waals surface area (Å²) in [5.74, 6) is -0.482. The zero-order valence-corrected chi connectivity index (χ0v) is 12.0. The fraction of sp³-hybridized carbons (Fsp3) is 0.714. The molecular formula is C14H23N3O2. The highest BCUT2D eigenvalue weighted by Gasteiger charge is 2.36. The molecule has 1 aliphatic heterocycles. The predicted molar refractivity (Wildman–Crippen MR) is 72.9 cm³/mol. The van der Waals surface area contributed by atoms with Crippen molar-refractivity contribution in [1.82, 2.24) is 14.7 Å². The number of rotatable bonds is 5. The Kier molecular flexibility index (Phi) is 4.24. The summed E-state index contributed by atoms with van der Waals surface area (Å²) in [6.45, 7) is 8.54. The number of carboxylic acids is 1. The number of carboxylic acid groups (broad SMARTS) is 1. The lowest BCUT2D eigenvalue weighted by Crippen LogP contribution is -2.38. The minimum absolute atomic E-state index is 0.223. The van der Waals surface area contributed by atoms with Gasteiger partial charge in [-0.2, -0.15) is 5.10 Å². The molecule has 5 nitrogen and oxygen atoms in total. The lowest BCUT2D eigenvalue weighted by molar-refractivity contribution is -0.143. The van der Waals surface area contributed by atoms with Crippen LogP contribution in [0, 0.1) is 5.92 Å². The number of aliphatic carboxylic acids is 1. The number of hydrogen-bond acceptors (Lipinski definition) is 3. The van der Waals surface area contributed by atoms with E-state index in [1.54, 1.807) is 0 Å². The molecule has 5 heteroatoms. The fourth-order valence-electron chi connectivity index (χ4n) is 2.90. The maximum Gasteiger partial charge on any atom is 0.321 e. The summed E-state index contributed by atoms with van der Waals surface area (Å²) in [5.41, 5.74) is 2.20. The van der Waals surface area contributed by atoms with Gasteiger partial charge >= 0.3 is 5.97 Å². The second kappa shape index (κ2) is 5.74. The number of carbonyl (C=O) groups is 1. The SMILES string of the molecule is CCc1cc(CN2CCC(C)C2C(=O)O)n(CC)n1. The van der Waals surface area contributed by atoms with Crippen molar-refractivity contribution in [1.29, 1.82) is 0 Å². The summed E-state index contributed by atoms with van der Waals surface area (Å²) in [6, 6.07) is 1.75. The molecule has 0 spiro atoms. The van der Waals surface area contributed by atoms with Crippen molar-refractivity contribution < 1.29 is 9.90 Å². The second-order valence-electron chi connectivity index (χ2n) is 5.32. The van der Waals surface area contributed by atoms with E-state index >= 15 is 0 Å². The second-order valence-corrected chi connectivity index (χ2v) is 5.32. The Morgan fingerprint density at radius 1 is 1.53 bits per heavy atom. The Hall–Kier alpha value is -1.36. The lowest BCUT2D eigenvalue weighted by Gasteiger charge is -2.23. The van der Waals surface area contributed by atoms with E-state index in [1.165, 1.54) is 0 Å². The molecule has 1 saturated heterocycles. The van der Waals surface area contributed by atoms with E-state index in [1.807, 2.05) is 11.6 Å². The van der Waals surface area contributed by atoms with E-state index < -0.39 is 5.97 Å². The molecule has 1 aromatic heterocycles. The summed E-state index contributed by atoms with van der Waals surface area (Å²) in [5, 5.41) is 13.9. The number of aromatic nitrogens is 2. The number of aryl methyl sites for hydroxylation is 2. The third-order valence-corrected chi connectivity index (χ3v) is 4.00. The van der Waals surface area contributed by atoms with Crippen LogP contribution in [0.1, 0.15) is 38.6 Å². The highest BCUT2D eigenvalue weighted by atomic mass is 16.4. The van der Waals surface area contributed by atoms with Crippen LogP contribution in [-0.2, 0) is 24.3 Å². The first-order valence-corrected chi connectivity index (χ1v) is 7.09. The Morgan fingerprint density at radius 3 is 2.84 bits per heavy atom. The molecule has 2 heterocycles. The molecule has 2 rings (SSSR count). The molecule has 0 saturated carbocycles. The van der Waals surface area contributed by atoms with Crippen LogP contribution in [0.4, 0.5) is 0 Å². The van der Waals surface area contributed by atoms with Crippen molar-refractivity contribution in [2.75, 3.05) is 6.54 Å². The van der Waals surface area contributed by atoms with Crippen molar-refractivity contribution in [2.24, 2.45) is 5.92 Å². The predicted octanol–water partition coefficient (Wildman–Crippen LogP) is 1.76. The maximum atomic E-state index is 11.4. The quantitative estimate of drug-likeness (QED) is 0.881. The van der Waals surface area contributed by atoms with E-state index in [4.69, 9.17) is 0 Å². The summed E-state index contributed by atoms with van der Waals surface area (Å²) in [7, 11) is 0. The minimum atomic E-state index is -0.705. The largest absolute Gasteiger partial charge is 0.480 e. The van der Waals surface area contributed by atoms with Crippen LogP contribution in [0.25, 0.3) is 0 Å². The Morgan fingerprint density at radius 2 is 2.26 bits per heavy atom. The topological polar surface area (TPSA) is 58.4 Å². The smallest absolute Gasteiger partial charge is 0.321 e. The van der Waals surface area contributed by atoms with E-state index in [9.17, 15) is 9.90 Å². The first kappa shape index (κ1) is 14.1. The molecule has 1 aromatic rings. The zero-order chi connectivity index (χ0) is 14.0. The number of nitrogens with zero attached hydrogens (tertiary/aromatic N) is 3. The first-order valence-electron chi connectivity index (χ1n) is 7.09. The molecule has 0 bridgehead atoms. The van der Waals surface area contributed by atoms with Gasteiger partial charge in [-0.3, -0.25) is 14.4 Å². The Balaban J connectivity index is 2.16. The highest BCUT2D eigenvalue weighted by Crippen LogP contribution is 2.26. The van der Waals surface area contributed by atoms with Gasteiger partial charge in [0.1, 0.15) is 6.04 Å². The molecule has 1 N–H and O–H groups in total. The van der Waals surface area contributed by atoms with Gasteiger partial charge in [0.2, 0.25) is 0 Å². The molecule has 0 amide bonds. The van der Waals surface area contributed by atoms with E-state index in [0.717, 1.165) is 37.3 Å². The molecule has 0 aliphatic carbocycles. The molecule has 0 aromatic carbocycles. The van der Waals surface area contributed by atoms with Crippen molar-refractivity contribution in [3.8, 4) is 0 Å². The van der Waals surface area contributed by atoms with Gasteiger partial charge in [-0.05, 0) is 38.3 Å². The summed E-state index contributed by atoms with van der Waals surface area (Å²) >= 11 is 0. The Labute approximate surface area is 114 Å². The highest BCUT2D eigenvalue weighted by molar-refractivity contribution is 5.74. The van der Waals surface area contributed by atoms with Crippen LogP contribution in [0.2, 0.25) is 0 Å². The van der Waals surface area contributed by atoms with Gasteiger partial charge in [0.05, 0.1) is 11.4 Å². The third kappa shape index (κ3) is 2.81. The van der Waals surface area contributed by atoms with Gasteiger partial charge in [-0.15, -0.1) is 0 Å². The van der Waals surface area contributed by atoms with Crippen LogP contribution in [0.3, 0.4) is 0 Å². The number of hydrogen-bond donors (Lipinski definition) is 1. The van der Waals surface area contributed by atoms with Crippen LogP contribution in [-0.4, -0.2) is 38.3 Å². The van der Waals surface area contributed by atoms with Gasteiger partial charge in [0.15, 0.2) is 0 Å². The van der Waals surface area contributed by atoms with Gasteiger partial charge in [-0.1, -0.05) is 13.8 Å². The molecule has 19 heavy (non-hydrogen) atoms. The van der Waals surface area contributed by atoms with Gasteiger partial charge in [0, 0.05) is 13.1 Å². The third-order valence-electron chi connectivity index (χ3n) is 4.00. The molecular weight excluding hydrogens is 242 g/mol. The van der Waals surface area contributed by atoms with Crippen molar-refractivity contribution >= 4 is 5.97 Å². The molecule has 2 unspecified atom stereocenters. The van der Waals surface area contributed by atoms with Crippen molar-refractivity contribution in [3.63, 3.8) is 0 Å². The molecule has 1 fully saturated rings. The van der Waals surface area contributed by atoms with Gasteiger partial charge < -0.3 is 5.11 Å². The Bertz CT molecular complexity index is 456. The minimum Gasteiger partial charge on any atom is -0.480 e. The van der Waals surface area contributed by atoms with Gasteiger partial charge in [-0.25, -0.2) is 0 Å².